The van der Waals surface area contributed by atoms with Crippen molar-refractivity contribution in [3.05, 3.63) is 53.6 Å². The fourth-order valence-corrected chi connectivity index (χ4v) is 3.54. The van der Waals surface area contributed by atoms with E-state index in [0.717, 1.165) is 11.1 Å². The van der Waals surface area contributed by atoms with Gasteiger partial charge in [0.25, 0.3) is 10.1 Å². The smallest absolute Gasteiger partial charge is 0.297 e. The zero-order valence-corrected chi connectivity index (χ0v) is 16.3. The van der Waals surface area contributed by atoms with Gasteiger partial charge in [-0.2, -0.15) is 8.42 Å². The third-order valence-electron chi connectivity index (χ3n) is 4.25. The van der Waals surface area contributed by atoms with Gasteiger partial charge < -0.3 is 9.47 Å². The Hall–Kier alpha value is -2.05. The average Bonchev–Trinajstić information content (AvgIpc) is 2.59. The lowest BCUT2D eigenvalue weighted by molar-refractivity contribution is 0.0553. The SMILES string of the molecule is Cc1ccc(S(=O)(=O)OCC2COc3cc(C(C)(C)C)ccc3O2)cc1. The lowest BCUT2D eigenvalue weighted by Gasteiger charge is -2.28. The second kappa shape index (κ2) is 6.93. The number of hydrogen-bond acceptors (Lipinski definition) is 5. The molecule has 5 nitrogen and oxygen atoms in total. The first-order valence-electron chi connectivity index (χ1n) is 8.55. The van der Waals surface area contributed by atoms with E-state index in [1.807, 2.05) is 25.1 Å². The molecule has 0 radical (unpaired) electrons. The topological polar surface area (TPSA) is 61.8 Å². The summed E-state index contributed by atoms with van der Waals surface area (Å²) in [5, 5.41) is 0. The Balaban J connectivity index is 1.65. The first-order valence-corrected chi connectivity index (χ1v) is 9.96. The number of aryl methyl sites for hydroxylation is 1. The predicted molar refractivity (Wildman–Crippen MR) is 99.4 cm³/mol. The van der Waals surface area contributed by atoms with Crippen LogP contribution in [-0.2, 0) is 19.7 Å². The molecule has 0 saturated carbocycles. The van der Waals surface area contributed by atoms with Gasteiger partial charge in [-0.25, -0.2) is 0 Å². The van der Waals surface area contributed by atoms with Gasteiger partial charge in [-0.05, 0) is 42.2 Å². The summed E-state index contributed by atoms with van der Waals surface area (Å²) >= 11 is 0. The van der Waals surface area contributed by atoms with Gasteiger partial charge in [-0.3, -0.25) is 4.18 Å². The van der Waals surface area contributed by atoms with E-state index in [9.17, 15) is 8.42 Å². The first kappa shape index (κ1) is 18.7. The molecule has 0 aromatic heterocycles. The fraction of sp³-hybridized carbons (Fsp3) is 0.400. The normalized spacial score (nSPS) is 17.2. The highest BCUT2D eigenvalue weighted by Gasteiger charge is 2.26. The van der Waals surface area contributed by atoms with Crippen LogP contribution >= 0.6 is 0 Å². The molecule has 1 heterocycles. The number of hydrogen-bond donors (Lipinski definition) is 0. The Labute approximate surface area is 155 Å². The van der Waals surface area contributed by atoms with Crippen molar-refractivity contribution in [1.82, 2.24) is 0 Å². The number of ether oxygens (including phenoxy) is 2. The lowest BCUT2D eigenvalue weighted by Crippen LogP contribution is -2.34. The van der Waals surface area contributed by atoms with E-state index in [1.54, 1.807) is 12.1 Å². The Morgan fingerprint density at radius 2 is 1.77 bits per heavy atom. The van der Waals surface area contributed by atoms with E-state index in [-0.39, 0.29) is 23.5 Å². The van der Waals surface area contributed by atoms with Crippen molar-refractivity contribution in [3.63, 3.8) is 0 Å². The van der Waals surface area contributed by atoms with Gasteiger partial charge in [-0.1, -0.05) is 44.5 Å². The largest absolute Gasteiger partial charge is 0.486 e. The second-order valence-electron chi connectivity index (χ2n) is 7.51. The summed E-state index contributed by atoms with van der Waals surface area (Å²) in [5.74, 6) is 1.28. The number of rotatable bonds is 4. The maximum Gasteiger partial charge on any atom is 0.297 e. The molecule has 0 saturated heterocycles. The summed E-state index contributed by atoms with van der Waals surface area (Å²) < 4.78 is 41.3. The number of benzene rings is 2. The van der Waals surface area contributed by atoms with E-state index in [1.165, 1.54) is 12.1 Å². The molecule has 0 amide bonds. The van der Waals surface area contributed by atoms with E-state index < -0.39 is 16.2 Å². The first-order chi connectivity index (χ1) is 12.1. The molecule has 3 rings (SSSR count). The van der Waals surface area contributed by atoms with Gasteiger partial charge in [-0.15, -0.1) is 0 Å². The van der Waals surface area contributed by atoms with Crippen LogP contribution in [0.1, 0.15) is 31.9 Å². The molecule has 1 aliphatic heterocycles. The van der Waals surface area contributed by atoms with Gasteiger partial charge >= 0.3 is 0 Å². The Morgan fingerprint density at radius 3 is 2.42 bits per heavy atom. The van der Waals surface area contributed by atoms with Crippen LogP contribution in [0.2, 0.25) is 0 Å². The zero-order valence-electron chi connectivity index (χ0n) is 15.5. The molecule has 0 aliphatic carbocycles. The van der Waals surface area contributed by atoms with Crippen molar-refractivity contribution in [1.29, 1.82) is 0 Å². The van der Waals surface area contributed by atoms with Gasteiger partial charge in [0.2, 0.25) is 0 Å². The molecule has 1 aliphatic rings. The quantitative estimate of drug-likeness (QED) is 0.759. The number of fused-ring (bicyclic) bond motifs is 1. The second-order valence-corrected chi connectivity index (χ2v) is 9.13. The van der Waals surface area contributed by atoms with Gasteiger partial charge in [0.15, 0.2) is 17.6 Å². The van der Waals surface area contributed by atoms with Crippen molar-refractivity contribution in [2.24, 2.45) is 0 Å². The summed E-state index contributed by atoms with van der Waals surface area (Å²) in [4.78, 5) is 0.134. The van der Waals surface area contributed by atoms with E-state index in [0.29, 0.717) is 11.5 Å². The van der Waals surface area contributed by atoms with Gasteiger partial charge in [0.1, 0.15) is 13.2 Å². The van der Waals surface area contributed by atoms with Crippen LogP contribution in [0.15, 0.2) is 47.4 Å². The Kier molecular flexibility index (Phi) is 4.99. The van der Waals surface area contributed by atoms with Crippen molar-refractivity contribution in [2.75, 3.05) is 13.2 Å². The van der Waals surface area contributed by atoms with E-state index in [2.05, 4.69) is 20.8 Å². The van der Waals surface area contributed by atoms with Crippen LogP contribution in [0.25, 0.3) is 0 Å². The van der Waals surface area contributed by atoms with E-state index in [4.69, 9.17) is 13.7 Å². The molecule has 140 valence electrons. The van der Waals surface area contributed by atoms with Crippen LogP contribution in [0.3, 0.4) is 0 Å². The molecular formula is C20H24O5S. The molecule has 0 bridgehead atoms. The molecule has 0 N–H and O–H groups in total. The molecule has 1 unspecified atom stereocenters. The molecule has 2 aromatic rings. The summed E-state index contributed by atoms with van der Waals surface area (Å²) in [5.41, 5.74) is 2.15. The van der Waals surface area contributed by atoms with Crippen LogP contribution < -0.4 is 9.47 Å². The monoisotopic (exact) mass is 376 g/mol. The molecular weight excluding hydrogens is 352 g/mol. The molecule has 0 fully saturated rings. The third-order valence-corrected chi connectivity index (χ3v) is 5.54. The van der Waals surface area contributed by atoms with Crippen molar-refractivity contribution >= 4 is 10.1 Å². The van der Waals surface area contributed by atoms with Crippen molar-refractivity contribution in [2.45, 2.75) is 44.1 Å². The molecule has 0 spiro atoms. The summed E-state index contributed by atoms with van der Waals surface area (Å²) in [6, 6.07) is 12.4. The zero-order chi connectivity index (χ0) is 18.9. The standard InChI is InChI=1S/C20H24O5S/c1-14-5-8-17(9-6-14)26(21,22)24-13-16-12-23-19-11-15(20(2,3)4)7-10-18(19)25-16/h5-11,16H,12-13H2,1-4H3. The summed E-state index contributed by atoms with van der Waals surface area (Å²) in [7, 11) is -3.82. The van der Waals surface area contributed by atoms with Gasteiger partial charge in [0.05, 0.1) is 4.90 Å². The molecule has 2 aromatic carbocycles. The lowest BCUT2D eigenvalue weighted by atomic mass is 9.87. The minimum atomic E-state index is -3.82. The highest BCUT2D eigenvalue weighted by Crippen LogP contribution is 2.36. The Bertz CT molecular complexity index is 879. The predicted octanol–water partition coefficient (Wildman–Crippen LogP) is 3.84. The maximum absolute atomic E-state index is 12.3. The maximum atomic E-state index is 12.3. The highest BCUT2D eigenvalue weighted by molar-refractivity contribution is 7.86. The molecule has 26 heavy (non-hydrogen) atoms. The van der Waals surface area contributed by atoms with Crippen LogP contribution in [-0.4, -0.2) is 27.7 Å². The summed E-state index contributed by atoms with van der Waals surface area (Å²) in [6.45, 7) is 8.43. The Morgan fingerprint density at radius 1 is 1.08 bits per heavy atom. The molecule has 6 heteroatoms. The summed E-state index contributed by atoms with van der Waals surface area (Å²) in [6.07, 6.45) is -0.483. The van der Waals surface area contributed by atoms with Crippen LogP contribution in [0.4, 0.5) is 0 Å². The fourth-order valence-electron chi connectivity index (χ4n) is 2.60. The van der Waals surface area contributed by atoms with Gasteiger partial charge in [0, 0.05) is 0 Å². The van der Waals surface area contributed by atoms with Crippen molar-refractivity contribution < 1.29 is 22.1 Å². The average molecular weight is 376 g/mol. The van der Waals surface area contributed by atoms with Crippen LogP contribution in [0, 0.1) is 6.92 Å². The van der Waals surface area contributed by atoms with E-state index >= 15 is 0 Å². The highest BCUT2D eigenvalue weighted by atomic mass is 32.2. The minimum Gasteiger partial charge on any atom is -0.486 e. The third kappa shape index (κ3) is 4.19. The molecule has 1 atom stereocenters. The van der Waals surface area contributed by atoms with Crippen LogP contribution in [0.5, 0.6) is 11.5 Å². The van der Waals surface area contributed by atoms with Crippen molar-refractivity contribution in [3.8, 4) is 11.5 Å². The minimum absolute atomic E-state index is 0.0144.